The average molecular weight is 731 g/mol. The summed E-state index contributed by atoms with van der Waals surface area (Å²) in [4.78, 5) is 22.0. The molecule has 0 unspecified atom stereocenters. The van der Waals surface area contributed by atoms with Gasteiger partial charge in [-0.2, -0.15) is 48.5 Å². The van der Waals surface area contributed by atoms with Gasteiger partial charge < -0.3 is 20.1 Å². The van der Waals surface area contributed by atoms with E-state index in [1.165, 1.54) is 12.1 Å². The number of benzene rings is 2. The van der Waals surface area contributed by atoms with Crippen LogP contribution in [-0.2, 0) is 44.0 Å². The number of rotatable bonds is 12. The molecular weight excluding hydrogens is 695 g/mol. The SMILES string of the molecule is O=C(NCCCc1ccc(F)[c-]c1F)OCCCl.O=C(NCCCc1ccc(F)[c-]c1F)OCCCl.[Ti+4].c1cc[cH-]c1.c1cc[cH-]c1. The summed E-state index contributed by atoms with van der Waals surface area (Å²) in [6.45, 7) is 0.986. The van der Waals surface area contributed by atoms with Crippen LogP contribution in [0.25, 0.3) is 0 Å². The van der Waals surface area contributed by atoms with Crippen LogP contribution in [0.2, 0.25) is 0 Å². The molecule has 0 fully saturated rings. The van der Waals surface area contributed by atoms with E-state index in [4.69, 9.17) is 23.2 Å². The first-order valence-corrected chi connectivity index (χ1v) is 15.3. The summed E-state index contributed by atoms with van der Waals surface area (Å²) in [6, 6.07) is 29.0. The van der Waals surface area contributed by atoms with Gasteiger partial charge in [0.1, 0.15) is 13.2 Å². The number of hydrogen-bond acceptors (Lipinski definition) is 4. The van der Waals surface area contributed by atoms with Crippen LogP contribution in [0.1, 0.15) is 24.0 Å². The van der Waals surface area contributed by atoms with E-state index < -0.39 is 35.5 Å². The van der Waals surface area contributed by atoms with Gasteiger partial charge in [0.25, 0.3) is 0 Å². The zero-order valence-corrected chi connectivity index (χ0v) is 28.6. The third kappa shape index (κ3) is 23.6. The van der Waals surface area contributed by atoms with E-state index >= 15 is 0 Å². The number of ether oxygens (including phenoxy) is 2. The number of alkyl carbamates (subject to hydrolysis) is 2. The molecule has 4 rings (SSSR count). The van der Waals surface area contributed by atoms with E-state index in [0.29, 0.717) is 49.9 Å². The first-order valence-electron chi connectivity index (χ1n) is 14.3. The third-order valence-electron chi connectivity index (χ3n) is 5.40. The predicted octanol–water partition coefficient (Wildman–Crippen LogP) is 8.13. The topological polar surface area (TPSA) is 76.7 Å². The Kier molecular flexibility index (Phi) is 26.8. The van der Waals surface area contributed by atoms with Crippen LogP contribution in [-0.4, -0.2) is 50.2 Å². The molecule has 13 heteroatoms. The molecule has 0 aliphatic heterocycles. The quantitative estimate of drug-likeness (QED) is 0.0508. The minimum Gasteiger partial charge on any atom is -0.448 e. The van der Waals surface area contributed by atoms with E-state index in [9.17, 15) is 27.2 Å². The van der Waals surface area contributed by atoms with Crippen molar-refractivity contribution in [2.45, 2.75) is 25.7 Å². The van der Waals surface area contributed by atoms with Crippen molar-refractivity contribution in [3.8, 4) is 0 Å². The smallest absolute Gasteiger partial charge is 0.448 e. The molecular formula is C34H36Cl2F4N2O4Ti. The number of amides is 2. The molecule has 0 radical (unpaired) electrons. The maximum absolute atomic E-state index is 13.2. The summed E-state index contributed by atoms with van der Waals surface area (Å²) < 4.78 is 60.9. The number of nitrogens with one attached hydrogen (secondary N) is 2. The number of alkyl halides is 2. The minimum atomic E-state index is -0.723. The Morgan fingerprint density at radius 1 is 0.660 bits per heavy atom. The fourth-order valence-electron chi connectivity index (χ4n) is 3.28. The Morgan fingerprint density at radius 3 is 1.30 bits per heavy atom. The van der Waals surface area contributed by atoms with Crippen LogP contribution in [0.3, 0.4) is 0 Å². The van der Waals surface area contributed by atoms with E-state index in [1.807, 2.05) is 72.8 Å². The molecule has 0 spiro atoms. The molecule has 0 heterocycles. The standard InChI is InChI=1S/2C12H13ClF2NO2.2C5H5.Ti/c2*13-5-7-18-12(17)16-6-1-2-9-3-4-10(14)8-11(9)15;2*1-2-4-5-3-1;/h2*3-4H,1-2,5-7H2,(H,16,17);2*1-5H;/q4*-1;+4. The normalized spacial score (nSPS) is 9.49. The molecule has 47 heavy (non-hydrogen) atoms. The Labute approximate surface area is 298 Å². The van der Waals surface area contributed by atoms with Crippen LogP contribution in [0.4, 0.5) is 27.2 Å². The summed E-state index contributed by atoms with van der Waals surface area (Å²) in [7, 11) is 0. The summed E-state index contributed by atoms with van der Waals surface area (Å²) in [5.74, 6) is -2.36. The van der Waals surface area contributed by atoms with Crippen molar-refractivity contribution in [3.05, 3.63) is 131 Å². The van der Waals surface area contributed by atoms with Gasteiger partial charge >= 0.3 is 33.9 Å². The number of carbonyl (C=O) groups is 2. The van der Waals surface area contributed by atoms with Gasteiger partial charge in [-0.25, -0.2) is 51.4 Å². The van der Waals surface area contributed by atoms with Gasteiger partial charge in [0.15, 0.2) is 0 Å². The van der Waals surface area contributed by atoms with Crippen molar-refractivity contribution >= 4 is 35.4 Å². The molecule has 0 atom stereocenters. The van der Waals surface area contributed by atoms with Crippen molar-refractivity contribution in [2.24, 2.45) is 0 Å². The van der Waals surface area contributed by atoms with Crippen LogP contribution in [0.15, 0.2) is 84.9 Å². The molecule has 0 aliphatic carbocycles. The van der Waals surface area contributed by atoms with Crippen molar-refractivity contribution in [1.29, 1.82) is 0 Å². The fraction of sp³-hybridized carbons (Fsp3) is 0.294. The van der Waals surface area contributed by atoms with Gasteiger partial charge in [0, 0.05) is 36.4 Å². The number of hydrogen-bond donors (Lipinski definition) is 2. The molecule has 4 aromatic carbocycles. The molecule has 0 bridgehead atoms. The van der Waals surface area contributed by atoms with Crippen molar-refractivity contribution in [1.82, 2.24) is 10.6 Å². The zero-order chi connectivity index (χ0) is 33.8. The van der Waals surface area contributed by atoms with Gasteiger partial charge in [-0.05, 0) is 12.8 Å². The second-order valence-electron chi connectivity index (χ2n) is 8.93. The van der Waals surface area contributed by atoms with Crippen LogP contribution < -0.4 is 10.6 Å². The fourth-order valence-corrected chi connectivity index (χ4v) is 3.43. The summed E-state index contributed by atoms with van der Waals surface area (Å²) in [6.07, 6.45) is 0.707. The summed E-state index contributed by atoms with van der Waals surface area (Å²) >= 11 is 10.7. The summed E-state index contributed by atoms with van der Waals surface area (Å²) in [5.41, 5.74) is 0.736. The maximum Gasteiger partial charge on any atom is 4.00 e. The van der Waals surface area contributed by atoms with Gasteiger partial charge in [0.2, 0.25) is 0 Å². The summed E-state index contributed by atoms with van der Waals surface area (Å²) in [5, 5.41) is 4.98. The van der Waals surface area contributed by atoms with E-state index in [-0.39, 0.29) is 46.7 Å². The first kappa shape index (κ1) is 43.7. The van der Waals surface area contributed by atoms with Crippen LogP contribution in [0.5, 0.6) is 0 Å². The molecule has 0 aliphatic rings. The molecule has 0 saturated carbocycles. The Balaban J connectivity index is 0.000000681. The number of aryl methyl sites for hydroxylation is 2. The Hall–Kier alpha value is -3.31. The van der Waals surface area contributed by atoms with Gasteiger partial charge in [-0.15, -0.1) is 58.6 Å². The van der Waals surface area contributed by atoms with Gasteiger partial charge in [-0.3, -0.25) is 0 Å². The molecule has 6 nitrogen and oxygen atoms in total. The predicted molar refractivity (Wildman–Crippen MR) is 171 cm³/mol. The molecule has 2 amide bonds. The molecule has 2 N–H and O–H groups in total. The second kappa shape index (κ2) is 28.9. The second-order valence-corrected chi connectivity index (χ2v) is 9.68. The van der Waals surface area contributed by atoms with Gasteiger partial charge in [-0.1, -0.05) is 12.8 Å². The number of carbonyl (C=O) groups excluding carboxylic acids is 2. The van der Waals surface area contributed by atoms with Crippen LogP contribution >= 0.6 is 23.2 Å². The monoisotopic (exact) mass is 730 g/mol. The Morgan fingerprint density at radius 2 is 1.02 bits per heavy atom. The largest absolute Gasteiger partial charge is 4.00 e. The Bertz CT molecular complexity index is 1200. The first-order chi connectivity index (χ1) is 22.3. The molecule has 252 valence electrons. The molecule has 4 aromatic rings. The van der Waals surface area contributed by atoms with Crippen LogP contribution in [0, 0.1) is 35.4 Å². The van der Waals surface area contributed by atoms with Crippen molar-refractivity contribution in [2.75, 3.05) is 38.1 Å². The number of halogens is 6. The average Bonchev–Trinajstić information content (AvgIpc) is 3.82. The molecule has 0 aromatic heterocycles. The van der Waals surface area contributed by atoms with E-state index in [1.54, 1.807) is 0 Å². The third-order valence-corrected chi connectivity index (χ3v) is 5.71. The van der Waals surface area contributed by atoms with Gasteiger partial charge in [0.05, 0.1) is 11.8 Å². The van der Waals surface area contributed by atoms with E-state index in [2.05, 4.69) is 20.1 Å². The zero-order valence-electron chi connectivity index (χ0n) is 25.6. The molecule has 0 saturated heterocycles. The van der Waals surface area contributed by atoms with Crippen molar-refractivity contribution in [3.63, 3.8) is 0 Å². The van der Waals surface area contributed by atoms with E-state index in [0.717, 1.165) is 12.1 Å². The maximum atomic E-state index is 13.2. The minimum absolute atomic E-state index is 0. The van der Waals surface area contributed by atoms with Crippen molar-refractivity contribution < 1.29 is 58.3 Å².